The van der Waals surface area contributed by atoms with Gasteiger partial charge in [0.25, 0.3) is 15.9 Å². The molecule has 2 aromatic carbocycles. The molecule has 0 saturated carbocycles. The number of imidazole rings is 1. The minimum Gasteiger partial charge on any atom is -0.308 e. The number of halogens is 2. The number of thiophene rings is 1. The van der Waals surface area contributed by atoms with Crippen LogP contribution < -0.4 is 4.72 Å². The van der Waals surface area contributed by atoms with E-state index < -0.39 is 15.9 Å². The normalized spacial score (nSPS) is 11.9. The summed E-state index contributed by atoms with van der Waals surface area (Å²) < 4.78 is 29.5. The maximum absolute atomic E-state index is 12.8. The third-order valence-corrected chi connectivity index (χ3v) is 8.33. The summed E-state index contributed by atoms with van der Waals surface area (Å²) in [4.78, 5) is 22.8. The molecule has 0 aliphatic rings. The molecule has 0 saturated heterocycles. The summed E-state index contributed by atoms with van der Waals surface area (Å²) in [6.45, 7) is 2.19. The van der Waals surface area contributed by atoms with Gasteiger partial charge >= 0.3 is 0 Å². The molecule has 1 N–H and O–H groups in total. The van der Waals surface area contributed by atoms with Gasteiger partial charge in [-0.25, -0.2) is 23.1 Å². The van der Waals surface area contributed by atoms with Crippen molar-refractivity contribution in [3.8, 4) is 10.4 Å². The molecule has 38 heavy (non-hydrogen) atoms. The van der Waals surface area contributed by atoms with Gasteiger partial charge < -0.3 is 4.57 Å². The summed E-state index contributed by atoms with van der Waals surface area (Å²) in [5.41, 5.74) is 3.46. The predicted octanol–water partition coefficient (Wildman–Crippen LogP) is 6.55. The van der Waals surface area contributed by atoms with Crippen LogP contribution in [0.15, 0.2) is 78.2 Å². The molecule has 5 rings (SSSR count). The Balaban J connectivity index is 1.39. The maximum atomic E-state index is 12.8. The van der Waals surface area contributed by atoms with Gasteiger partial charge in [0.05, 0.1) is 16.3 Å². The number of hydrogen-bond donors (Lipinski definition) is 1. The number of amides is 1. The van der Waals surface area contributed by atoms with Gasteiger partial charge in [0.1, 0.15) is 17.0 Å². The summed E-state index contributed by atoms with van der Waals surface area (Å²) in [6, 6.07) is 21.6. The van der Waals surface area contributed by atoms with E-state index in [2.05, 4.69) is 9.97 Å². The molecule has 0 aliphatic carbocycles. The number of rotatable bonds is 7. The van der Waals surface area contributed by atoms with Gasteiger partial charge in [-0.15, -0.1) is 11.3 Å². The van der Waals surface area contributed by atoms with E-state index in [1.165, 1.54) is 23.5 Å². The van der Waals surface area contributed by atoms with Crippen molar-refractivity contribution in [2.24, 2.45) is 0 Å². The van der Waals surface area contributed by atoms with Crippen molar-refractivity contribution in [3.63, 3.8) is 0 Å². The second-order valence-corrected chi connectivity index (χ2v) is 12.1. The Hall–Kier alpha value is -3.50. The first kappa shape index (κ1) is 26.1. The van der Waals surface area contributed by atoms with Crippen molar-refractivity contribution in [2.75, 3.05) is 0 Å². The van der Waals surface area contributed by atoms with Crippen LogP contribution in [0.5, 0.6) is 0 Å². The van der Waals surface area contributed by atoms with E-state index in [-0.39, 0.29) is 5.69 Å². The Bertz CT molecular complexity index is 1800. The topological polar surface area (TPSA) is 93.9 Å². The Labute approximate surface area is 233 Å². The fourth-order valence-corrected chi connectivity index (χ4v) is 5.89. The van der Waals surface area contributed by atoms with Crippen molar-refractivity contribution in [2.45, 2.75) is 13.5 Å². The number of hydrogen-bond acceptors (Lipinski definition) is 6. The van der Waals surface area contributed by atoms with E-state index >= 15 is 0 Å². The molecule has 0 aliphatic heterocycles. The first-order valence-electron chi connectivity index (χ1n) is 11.4. The molecule has 1 amide bonds. The molecule has 3 heterocycles. The van der Waals surface area contributed by atoms with Crippen LogP contribution in [-0.4, -0.2) is 28.9 Å². The zero-order chi connectivity index (χ0) is 26.9. The number of sulfonamides is 1. The molecule has 0 radical (unpaired) electrons. The summed E-state index contributed by atoms with van der Waals surface area (Å²) >= 11 is 14.2. The van der Waals surface area contributed by atoms with E-state index in [0.29, 0.717) is 38.5 Å². The number of pyridine rings is 1. The Morgan fingerprint density at radius 2 is 1.82 bits per heavy atom. The number of benzene rings is 2. The van der Waals surface area contributed by atoms with Crippen molar-refractivity contribution < 1.29 is 13.2 Å². The van der Waals surface area contributed by atoms with Gasteiger partial charge in [-0.2, -0.15) is 0 Å². The van der Waals surface area contributed by atoms with Crippen molar-refractivity contribution in [1.82, 2.24) is 19.3 Å². The highest BCUT2D eigenvalue weighted by Gasteiger charge is 2.18. The van der Waals surface area contributed by atoms with Crippen LogP contribution in [0.1, 0.15) is 27.4 Å². The highest BCUT2D eigenvalue weighted by molar-refractivity contribution is 7.93. The standard InChI is InChI=1S/C27H20Cl2N4O3S2/c1-17-30-22-9-10-23(27(34)32-38(35,36)14-13-18-5-3-2-4-6-18)31-26(22)33(17)16-20-8-7-19(15-21(20)28)24-11-12-25(29)37-24/h2-15H,16H2,1H3,(H,32,34)/b14-13+. The second kappa shape index (κ2) is 10.7. The molecule has 11 heteroatoms. The van der Waals surface area contributed by atoms with Crippen LogP contribution >= 0.6 is 34.5 Å². The van der Waals surface area contributed by atoms with Gasteiger partial charge in [-0.1, -0.05) is 65.7 Å². The van der Waals surface area contributed by atoms with Crippen molar-refractivity contribution in [1.29, 1.82) is 0 Å². The first-order chi connectivity index (χ1) is 18.2. The Morgan fingerprint density at radius 1 is 1.03 bits per heavy atom. The van der Waals surface area contributed by atoms with E-state index in [1.54, 1.807) is 30.3 Å². The van der Waals surface area contributed by atoms with Gasteiger partial charge in [-0.05, 0) is 60.0 Å². The average Bonchev–Trinajstić information content (AvgIpc) is 3.46. The lowest BCUT2D eigenvalue weighted by Crippen LogP contribution is -2.29. The van der Waals surface area contributed by atoms with E-state index in [4.69, 9.17) is 23.2 Å². The fourth-order valence-electron chi connectivity index (χ4n) is 3.85. The lowest BCUT2D eigenvalue weighted by Gasteiger charge is -2.10. The molecule has 0 atom stereocenters. The van der Waals surface area contributed by atoms with Gasteiger partial charge in [-0.3, -0.25) is 4.79 Å². The first-order valence-corrected chi connectivity index (χ1v) is 14.5. The SMILES string of the molecule is Cc1nc2ccc(C(=O)NS(=O)(=O)/C=C/c3ccccc3)nc2n1Cc1ccc(-c2ccc(Cl)s2)cc1Cl. The minimum absolute atomic E-state index is 0.0497. The Kier molecular flexibility index (Phi) is 7.36. The van der Waals surface area contributed by atoms with Crippen LogP contribution in [-0.2, 0) is 16.6 Å². The van der Waals surface area contributed by atoms with Crippen molar-refractivity contribution in [3.05, 3.63) is 110 Å². The number of aryl methyl sites for hydroxylation is 1. The molecule has 3 aromatic heterocycles. The third-order valence-electron chi connectivity index (χ3n) is 5.73. The average molecular weight is 584 g/mol. The molecule has 5 aromatic rings. The maximum Gasteiger partial charge on any atom is 0.283 e. The molecule has 0 spiro atoms. The van der Waals surface area contributed by atoms with Crippen LogP contribution in [0.2, 0.25) is 9.36 Å². The quantitative estimate of drug-likeness (QED) is 0.234. The van der Waals surface area contributed by atoms with Gasteiger partial charge in [0.2, 0.25) is 0 Å². The highest BCUT2D eigenvalue weighted by atomic mass is 35.5. The van der Waals surface area contributed by atoms with Gasteiger partial charge in [0, 0.05) is 9.90 Å². The third kappa shape index (κ3) is 5.81. The van der Waals surface area contributed by atoms with Gasteiger partial charge in [0.15, 0.2) is 5.65 Å². The fraction of sp³-hybridized carbons (Fsp3) is 0.0741. The molecule has 192 valence electrons. The van der Waals surface area contributed by atoms with E-state index in [1.807, 2.05) is 52.6 Å². The monoisotopic (exact) mass is 582 g/mol. The number of nitrogens with one attached hydrogen (secondary N) is 1. The zero-order valence-electron chi connectivity index (χ0n) is 19.9. The zero-order valence-corrected chi connectivity index (χ0v) is 23.1. The van der Waals surface area contributed by atoms with Crippen molar-refractivity contribution >= 4 is 67.7 Å². The number of carbonyl (C=O) groups is 1. The second-order valence-electron chi connectivity index (χ2n) is 8.38. The number of nitrogens with zero attached hydrogens (tertiary/aromatic N) is 3. The number of fused-ring (bicyclic) bond motifs is 1. The molecule has 0 fully saturated rings. The number of aromatic nitrogens is 3. The summed E-state index contributed by atoms with van der Waals surface area (Å²) in [6.07, 6.45) is 1.41. The van der Waals surface area contributed by atoms with E-state index in [9.17, 15) is 13.2 Å². The Morgan fingerprint density at radius 3 is 2.53 bits per heavy atom. The smallest absolute Gasteiger partial charge is 0.283 e. The molecular weight excluding hydrogens is 563 g/mol. The van der Waals surface area contributed by atoms with Crippen LogP contribution in [0.4, 0.5) is 0 Å². The minimum atomic E-state index is -4.03. The molecule has 0 bridgehead atoms. The van der Waals surface area contributed by atoms with Crippen LogP contribution in [0.3, 0.4) is 0 Å². The molecular formula is C27H20Cl2N4O3S2. The highest BCUT2D eigenvalue weighted by Crippen LogP contribution is 2.33. The summed E-state index contributed by atoms with van der Waals surface area (Å²) in [5, 5.41) is 1.52. The summed E-state index contributed by atoms with van der Waals surface area (Å²) in [7, 11) is -4.03. The predicted molar refractivity (Wildman–Crippen MR) is 153 cm³/mol. The molecule has 0 unspecified atom stereocenters. The van der Waals surface area contributed by atoms with E-state index in [0.717, 1.165) is 21.4 Å². The van der Waals surface area contributed by atoms with Crippen LogP contribution in [0.25, 0.3) is 27.7 Å². The number of carbonyl (C=O) groups excluding carboxylic acids is 1. The summed E-state index contributed by atoms with van der Waals surface area (Å²) in [5.74, 6) is -0.166. The lowest BCUT2D eigenvalue weighted by molar-refractivity contribution is 0.0977. The largest absolute Gasteiger partial charge is 0.308 e. The molecule has 7 nitrogen and oxygen atoms in total. The van der Waals surface area contributed by atoms with Crippen LogP contribution in [0, 0.1) is 6.92 Å². The lowest BCUT2D eigenvalue weighted by atomic mass is 10.1.